The van der Waals surface area contributed by atoms with Crippen LogP contribution in [0.1, 0.15) is 36.9 Å². The van der Waals surface area contributed by atoms with Crippen LogP contribution in [0.15, 0.2) is 54.6 Å². The van der Waals surface area contributed by atoms with Crippen molar-refractivity contribution in [2.75, 3.05) is 11.4 Å². The Balaban J connectivity index is 1.94. The Morgan fingerprint density at radius 1 is 1.10 bits per heavy atom. The first kappa shape index (κ1) is 13.9. The quantitative estimate of drug-likeness (QED) is 0.773. The van der Waals surface area contributed by atoms with Gasteiger partial charge in [0.25, 0.3) is 5.78 Å². The summed E-state index contributed by atoms with van der Waals surface area (Å²) in [7, 11) is 0. The van der Waals surface area contributed by atoms with Gasteiger partial charge in [-0.3, -0.25) is 4.79 Å². The van der Waals surface area contributed by atoms with Crippen LogP contribution in [0, 0.1) is 0 Å². The highest BCUT2D eigenvalue weighted by molar-refractivity contribution is 5.76. The van der Waals surface area contributed by atoms with Crippen LogP contribution in [0.4, 0.5) is 5.69 Å². The van der Waals surface area contributed by atoms with Crippen molar-refractivity contribution in [1.29, 1.82) is 0 Å². The number of hydrogen-bond acceptors (Lipinski definition) is 1. The van der Waals surface area contributed by atoms with Gasteiger partial charge in [0.2, 0.25) is 0 Å². The van der Waals surface area contributed by atoms with E-state index in [4.69, 9.17) is 0 Å². The van der Waals surface area contributed by atoms with Crippen LogP contribution in [0.3, 0.4) is 0 Å². The number of ketones is 1. The lowest BCUT2D eigenvalue weighted by Crippen LogP contribution is -2.35. The average molecular weight is 280 g/mol. The number of hydrogen-bond donors (Lipinski definition) is 0. The predicted molar refractivity (Wildman–Crippen MR) is 88.5 cm³/mol. The van der Waals surface area contributed by atoms with E-state index in [-0.39, 0.29) is 0 Å². The molecule has 0 radical (unpaired) electrons. The predicted octanol–water partition coefficient (Wildman–Crippen LogP) is 4.14. The standard InChI is InChI=1S/C19H21NO/c1-15(21)11-12-19-18-10-6-5-7-16(18)13-14-20(19)17-8-3-2-4-9-17/h2-10,19H,11-14H2,1H3/p+1. The molecule has 0 aliphatic carbocycles. The Bertz CT molecular complexity index is 620. The van der Waals surface area contributed by atoms with Gasteiger partial charge in [-0.25, -0.2) is 0 Å². The zero-order valence-corrected chi connectivity index (χ0v) is 12.5. The molecule has 0 amide bonds. The topological polar surface area (TPSA) is 24.6 Å². The maximum absolute atomic E-state index is 9.59. The summed E-state index contributed by atoms with van der Waals surface area (Å²) >= 11 is 0. The molecule has 1 heterocycles. The number of fused-ring (bicyclic) bond motifs is 1. The second-order valence-electron chi connectivity index (χ2n) is 5.77. The van der Waals surface area contributed by atoms with E-state index in [9.17, 15) is 4.79 Å². The number of carbonyl (C=O) groups excluding carboxylic acids is 1. The molecule has 3 rings (SSSR count). The SMILES string of the molecule is CC(=[OH+])CCC1c2ccccc2CCN1c1ccccc1. The molecule has 0 bridgehead atoms. The van der Waals surface area contributed by atoms with E-state index in [0.29, 0.717) is 11.8 Å². The molecule has 2 aromatic carbocycles. The smallest absolute Gasteiger partial charge is 0.290 e. The summed E-state index contributed by atoms with van der Waals surface area (Å²) in [6, 6.07) is 19.7. The van der Waals surface area contributed by atoms with Gasteiger partial charge < -0.3 is 4.90 Å². The van der Waals surface area contributed by atoms with Crippen molar-refractivity contribution in [3.8, 4) is 0 Å². The zero-order chi connectivity index (χ0) is 14.7. The Morgan fingerprint density at radius 3 is 2.57 bits per heavy atom. The van der Waals surface area contributed by atoms with Crippen LogP contribution in [0.2, 0.25) is 0 Å². The van der Waals surface area contributed by atoms with Gasteiger partial charge in [0, 0.05) is 19.2 Å². The summed E-state index contributed by atoms with van der Waals surface area (Å²) in [4.78, 5) is 12.1. The molecule has 0 aromatic heterocycles. The highest BCUT2D eigenvalue weighted by Gasteiger charge is 2.27. The Hall–Kier alpha value is -2.09. The third kappa shape index (κ3) is 2.99. The Labute approximate surface area is 126 Å². The minimum absolute atomic E-state index is 0.347. The molecule has 1 aliphatic rings. The summed E-state index contributed by atoms with van der Waals surface area (Å²) in [6.45, 7) is 2.83. The maximum atomic E-state index is 9.59. The van der Waals surface area contributed by atoms with Gasteiger partial charge in [0.1, 0.15) is 0 Å². The maximum Gasteiger partial charge on any atom is 0.290 e. The summed E-state index contributed by atoms with van der Waals surface area (Å²) in [5.74, 6) is 0.520. The molecule has 0 saturated carbocycles. The second-order valence-corrected chi connectivity index (χ2v) is 5.77. The van der Waals surface area contributed by atoms with Gasteiger partial charge in [-0.15, -0.1) is 0 Å². The zero-order valence-electron chi connectivity index (χ0n) is 12.5. The van der Waals surface area contributed by atoms with Crippen LogP contribution in [-0.4, -0.2) is 17.1 Å². The number of nitrogens with zero attached hydrogens (tertiary/aromatic N) is 1. The van der Waals surface area contributed by atoms with Crippen molar-refractivity contribution >= 4 is 11.5 Å². The van der Waals surface area contributed by atoms with Crippen LogP contribution in [-0.2, 0) is 6.42 Å². The third-order valence-electron chi connectivity index (χ3n) is 4.28. The second kappa shape index (κ2) is 6.13. The van der Waals surface area contributed by atoms with Crippen molar-refractivity contribution in [2.45, 2.75) is 32.2 Å². The van der Waals surface area contributed by atoms with Gasteiger partial charge in [-0.2, -0.15) is 0 Å². The van der Waals surface area contributed by atoms with Crippen LogP contribution >= 0.6 is 0 Å². The van der Waals surface area contributed by atoms with Crippen molar-refractivity contribution in [1.82, 2.24) is 0 Å². The average Bonchev–Trinajstić information content (AvgIpc) is 2.53. The molecule has 1 N–H and O–H groups in total. The van der Waals surface area contributed by atoms with Crippen molar-refractivity contribution in [3.05, 3.63) is 65.7 Å². The van der Waals surface area contributed by atoms with E-state index in [0.717, 1.165) is 25.8 Å². The summed E-state index contributed by atoms with van der Waals surface area (Å²) in [6.07, 6.45) is 2.79. The van der Waals surface area contributed by atoms with Gasteiger partial charge >= 0.3 is 0 Å². The first-order valence-electron chi connectivity index (χ1n) is 7.66. The van der Waals surface area contributed by atoms with Gasteiger partial charge in [0.15, 0.2) is 0 Å². The summed E-state index contributed by atoms with van der Waals surface area (Å²) < 4.78 is 0. The molecule has 21 heavy (non-hydrogen) atoms. The van der Waals surface area contributed by atoms with E-state index < -0.39 is 0 Å². The molecule has 0 fully saturated rings. The monoisotopic (exact) mass is 280 g/mol. The molecule has 1 aliphatic heterocycles. The fourth-order valence-electron chi connectivity index (χ4n) is 3.24. The molecular formula is C19H22NO+. The number of para-hydroxylation sites is 1. The molecule has 1 atom stereocenters. The van der Waals surface area contributed by atoms with Gasteiger partial charge in [0.05, 0.1) is 12.5 Å². The fourth-order valence-corrected chi connectivity index (χ4v) is 3.24. The van der Waals surface area contributed by atoms with Crippen molar-refractivity contribution < 1.29 is 4.79 Å². The molecular weight excluding hydrogens is 258 g/mol. The largest absolute Gasteiger partial charge is 0.364 e. The molecule has 108 valence electrons. The van der Waals surface area contributed by atoms with E-state index in [1.807, 2.05) is 0 Å². The molecule has 0 spiro atoms. The number of anilines is 1. The third-order valence-corrected chi connectivity index (χ3v) is 4.28. The van der Waals surface area contributed by atoms with E-state index in [1.54, 1.807) is 6.92 Å². The lowest BCUT2D eigenvalue weighted by Gasteiger charge is -2.39. The number of rotatable bonds is 4. The molecule has 2 nitrogen and oxygen atoms in total. The molecule has 2 heteroatoms. The summed E-state index contributed by atoms with van der Waals surface area (Å²) in [5.41, 5.74) is 4.13. The molecule has 1 unspecified atom stereocenters. The van der Waals surface area contributed by atoms with E-state index in [1.165, 1.54) is 16.8 Å². The molecule has 2 aromatic rings. The fraction of sp³-hybridized carbons (Fsp3) is 0.316. The lowest BCUT2D eigenvalue weighted by molar-refractivity contribution is 0.542. The van der Waals surface area contributed by atoms with Gasteiger partial charge in [-0.1, -0.05) is 42.5 Å². The van der Waals surface area contributed by atoms with Crippen LogP contribution < -0.4 is 4.90 Å². The Kier molecular flexibility index (Phi) is 4.05. The van der Waals surface area contributed by atoms with Crippen LogP contribution in [0.5, 0.6) is 0 Å². The Morgan fingerprint density at radius 2 is 1.81 bits per heavy atom. The minimum atomic E-state index is 0.347. The molecule has 0 saturated heterocycles. The van der Waals surface area contributed by atoms with Crippen molar-refractivity contribution in [3.63, 3.8) is 0 Å². The highest BCUT2D eigenvalue weighted by Crippen LogP contribution is 2.36. The van der Waals surface area contributed by atoms with E-state index >= 15 is 0 Å². The van der Waals surface area contributed by atoms with Gasteiger partial charge in [-0.05, 0) is 36.1 Å². The minimum Gasteiger partial charge on any atom is -0.364 e. The normalized spacial score (nSPS) is 17.4. The van der Waals surface area contributed by atoms with Crippen LogP contribution in [0.25, 0.3) is 0 Å². The van der Waals surface area contributed by atoms with Crippen molar-refractivity contribution in [2.24, 2.45) is 0 Å². The highest BCUT2D eigenvalue weighted by atomic mass is 16.1. The number of benzene rings is 2. The lowest BCUT2D eigenvalue weighted by atomic mass is 9.89. The first-order valence-corrected chi connectivity index (χ1v) is 7.66. The first-order chi connectivity index (χ1) is 10.3. The summed E-state index contributed by atoms with van der Waals surface area (Å²) in [5, 5.41) is 0. The van der Waals surface area contributed by atoms with E-state index in [2.05, 4.69) is 59.5 Å².